The minimum Gasteiger partial charge on any atom is -0.207 e. The van der Waals surface area contributed by atoms with Crippen LogP contribution in [0.2, 0.25) is 0 Å². The standard InChI is InChI=1S/C24BF20.2C7H7.C4H9N.Ta/c26-5-1(6(27)14(35)21(42)13(5)34)25(2-7(28)15(36)22(43)16(37)8(2)29,3-9(30)17(38)23(44)18(39)10(3)31)4-11(32)19(40)24(45)20(41)12(4)33;2*1-7-5-3-2-4-6-7;1-4(2,3)5;/h;2*2-6H,1H2;1-3H3;/q3*-1;;. The van der Waals surface area contributed by atoms with Crippen molar-refractivity contribution < 1.29 is 109 Å². The number of nitrogens with zero attached hydrogens (tertiary/aromatic N) is 1. The smallest absolute Gasteiger partial charge is 0.200 e. The predicted octanol–water partition coefficient (Wildman–Crippen LogP) is 11.1. The summed E-state index contributed by atoms with van der Waals surface area (Å²) in [6, 6.07) is 19.7. The fourth-order valence-electron chi connectivity index (χ4n) is 5.83. The van der Waals surface area contributed by atoms with E-state index in [1.54, 1.807) is 0 Å². The first-order valence-corrected chi connectivity index (χ1v) is 18.8. The number of hydrogen-bond donors (Lipinski definition) is 0. The van der Waals surface area contributed by atoms with E-state index < -0.39 is 144 Å². The molecule has 347 valence electrons. The molecule has 0 heterocycles. The molecule has 0 aliphatic heterocycles. The van der Waals surface area contributed by atoms with Crippen molar-refractivity contribution >= 4 is 28.0 Å². The molecule has 0 amide bonds. The van der Waals surface area contributed by atoms with Crippen LogP contribution in [0.3, 0.4) is 0 Å². The Morgan fingerprint density at radius 1 is 0.323 bits per heavy atom. The molecule has 0 atom stereocenters. The Labute approximate surface area is 367 Å². The molecule has 6 rings (SSSR count). The molecule has 6 aromatic carbocycles. The molecule has 0 aliphatic rings. The summed E-state index contributed by atoms with van der Waals surface area (Å²) in [6.07, 6.45) is -7.22. The van der Waals surface area contributed by atoms with Crippen molar-refractivity contribution in [2.75, 3.05) is 0 Å². The van der Waals surface area contributed by atoms with E-state index in [0.29, 0.717) is 0 Å². The van der Waals surface area contributed by atoms with Crippen LogP contribution in [-0.4, -0.2) is 11.7 Å². The summed E-state index contributed by atoms with van der Waals surface area (Å²) in [5.74, 6) is -71.4. The Kier molecular flexibility index (Phi) is 17.4. The number of hydrogen-bond acceptors (Lipinski definition) is 1. The molecule has 0 saturated carbocycles. The SMILES string of the molecule is CC(C)(C)[N]=[Ta].Fc1c(F)c(F)c([B-](c2c(F)c(F)c(F)c(F)c2F)(c2c(F)c(F)c(F)c(F)c2F)c2c(F)c(F)c(F)c(F)c2F)c(F)c1F.[CH2-]c1ccccc1.[CH2-]c1ccccc1. The van der Waals surface area contributed by atoms with Crippen molar-refractivity contribution in [3.05, 3.63) is 202 Å². The fraction of sp³-hybridized carbons (Fsp3) is 0.0952. The molecule has 6 aromatic rings. The zero-order valence-corrected chi connectivity index (χ0v) is 35.9. The van der Waals surface area contributed by atoms with Crippen molar-refractivity contribution in [2.45, 2.75) is 26.3 Å². The van der Waals surface area contributed by atoms with E-state index in [4.69, 9.17) is 0 Å². The molecule has 0 N–H and O–H groups in total. The minimum atomic E-state index is -7.22. The quantitative estimate of drug-likeness (QED) is 0.0549. The Bertz CT molecular complexity index is 2310. The normalized spacial score (nSPS) is 11.2. The van der Waals surface area contributed by atoms with Crippen molar-refractivity contribution in [1.82, 2.24) is 0 Å². The zero-order valence-electron chi connectivity index (χ0n) is 32.7. The van der Waals surface area contributed by atoms with Gasteiger partial charge in [-0.05, 0) is 0 Å². The van der Waals surface area contributed by atoms with E-state index >= 15 is 35.1 Å². The second kappa shape index (κ2) is 21.1. The maximum Gasteiger partial charge on any atom is 0.200 e. The molecule has 0 fully saturated rings. The first kappa shape index (κ1) is 53.6. The Morgan fingerprint density at radius 2 is 0.462 bits per heavy atom. The molecular formula is C42H23BF20NTa-3. The zero-order chi connectivity index (χ0) is 49.8. The van der Waals surface area contributed by atoms with Crippen LogP contribution < -0.4 is 21.9 Å². The van der Waals surface area contributed by atoms with Gasteiger partial charge in [0, 0.05) is 0 Å². The maximum absolute atomic E-state index is 15.4. The van der Waals surface area contributed by atoms with E-state index in [-0.39, 0.29) is 5.54 Å². The van der Waals surface area contributed by atoms with E-state index in [1.165, 1.54) is 0 Å². The third-order valence-corrected chi connectivity index (χ3v) is 10.8. The van der Waals surface area contributed by atoms with Crippen molar-refractivity contribution in [2.24, 2.45) is 3.34 Å². The van der Waals surface area contributed by atoms with Crippen LogP contribution in [0.5, 0.6) is 0 Å². The van der Waals surface area contributed by atoms with Crippen LogP contribution in [-0.2, 0) is 20.9 Å². The molecular weight excluding hydrogens is 1090 g/mol. The molecule has 0 spiro atoms. The van der Waals surface area contributed by atoms with E-state index in [2.05, 4.69) is 38.0 Å². The van der Waals surface area contributed by atoms with Crippen molar-refractivity contribution in [3.63, 3.8) is 0 Å². The first-order chi connectivity index (χ1) is 30.1. The van der Waals surface area contributed by atoms with Gasteiger partial charge in [0.25, 0.3) is 0 Å². The first-order valence-electron chi connectivity index (χ1n) is 17.4. The van der Waals surface area contributed by atoms with Crippen LogP contribution >= 0.6 is 0 Å². The summed E-state index contributed by atoms with van der Waals surface area (Å²) < 4.78 is 298. The molecule has 65 heavy (non-hydrogen) atoms. The molecule has 1 nitrogen and oxygen atoms in total. The molecule has 0 bridgehead atoms. The average molecular weight is 1110 g/mol. The van der Waals surface area contributed by atoms with Gasteiger partial charge >= 0.3 is 50.5 Å². The minimum absolute atomic E-state index is 0.216. The monoisotopic (exact) mass is 1110 g/mol. The molecule has 0 saturated heterocycles. The van der Waals surface area contributed by atoms with Gasteiger partial charge in [-0.25, -0.2) is 87.8 Å². The molecule has 0 unspecified atom stereocenters. The summed E-state index contributed by atoms with van der Waals surface area (Å²) in [5.41, 5.74) is -12.0. The van der Waals surface area contributed by atoms with Crippen LogP contribution in [0.15, 0.2) is 64.0 Å². The van der Waals surface area contributed by atoms with Gasteiger partial charge in [0.05, 0.1) is 0 Å². The second-order valence-corrected chi connectivity index (χ2v) is 14.8. The van der Waals surface area contributed by atoms with Crippen LogP contribution in [0.1, 0.15) is 31.9 Å². The van der Waals surface area contributed by atoms with Gasteiger partial charge in [0.1, 0.15) is 52.7 Å². The third-order valence-electron chi connectivity index (χ3n) is 8.69. The molecule has 0 aliphatic carbocycles. The summed E-state index contributed by atoms with van der Waals surface area (Å²) >= 11 is 1.15. The maximum atomic E-state index is 15.4. The van der Waals surface area contributed by atoms with Crippen molar-refractivity contribution in [1.29, 1.82) is 0 Å². The van der Waals surface area contributed by atoms with Gasteiger partial charge in [0.15, 0.2) is 69.8 Å². The number of halogens is 20. The largest absolute Gasteiger partial charge is 0.207 e. The van der Waals surface area contributed by atoms with Gasteiger partial charge in [-0.3, -0.25) is 0 Å². The van der Waals surface area contributed by atoms with Gasteiger partial charge in [-0.2, -0.15) is 49.2 Å². The van der Waals surface area contributed by atoms with Crippen molar-refractivity contribution in [3.8, 4) is 0 Å². The fourth-order valence-corrected chi connectivity index (χ4v) is 5.83. The van der Waals surface area contributed by atoms with E-state index in [0.717, 1.165) is 32.0 Å². The Balaban J connectivity index is 0.000000457. The van der Waals surface area contributed by atoms with Gasteiger partial charge in [-0.15, -0.1) is 46.1 Å². The Morgan fingerprint density at radius 3 is 0.569 bits per heavy atom. The average Bonchev–Trinajstić information content (AvgIpc) is 3.27. The molecule has 23 heteroatoms. The van der Waals surface area contributed by atoms with Gasteiger partial charge in [0.2, 0.25) is 0 Å². The van der Waals surface area contributed by atoms with E-state index in [1.807, 2.05) is 60.7 Å². The topological polar surface area (TPSA) is 12.4 Å². The third kappa shape index (κ3) is 10.4. The Hall–Kier alpha value is -5.73. The van der Waals surface area contributed by atoms with Gasteiger partial charge in [-0.1, -0.05) is 12.1 Å². The van der Waals surface area contributed by atoms with Crippen LogP contribution in [0.4, 0.5) is 87.8 Å². The summed E-state index contributed by atoms with van der Waals surface area (Å²) in [4.78, 5) is 0. The van der Waals surface area contributed by atoms with Crippen LogP contribution in [0, 0.1) is 130 Å². The molecule has 0 aromatic heterocycles. The predicted molar refractivity (Wildman–Crippen MR) is 193 cm³/mol. The van der Waals surface area contributed by atoms with Gasteiger partial charge < -0.3 is 0 Å². The number of benzene rings is 6. The van der Waals surface area contributed by atoms with E-state index in [9.17, 15) is 52.7 Å². The van der Waals surface area contributed by atoms with Crippen LogP contribution in [0.25, 0.3) is 0 Å². The summed E-state index contributed by atoms with van der Waals surface area (Å²) in [7, 11) is 0. The number of rotatable bonds is 4. The summed E-state index contributed by atoms with van der Waals surface area (Å²) in [5, 5.41) is 0. The molecule has 0 radical (unpaired) electrons. The second-order valence-electron chi connectivity index (χ2n) is 14.0. The summed E-state index contributed by atoms with van der Waals surface area (Å²) in [6.45, 7) is 13.8.